The van der Waals surface area contributed by atoms with E-state index >= 15 is 0 Å². The third-order valence-electron chi connectivity index (χ3n) is 3.33. The van der Waals surface area contributed by atoms with E-state index in [0.717, 1.165) is 18.7 Å². The van der Waals surface area contributed by atoms with Crippen LogP contribution >= 0.6 is 12.4 Å². The molecular formula is C13H19ClN2O. The zero-order valence-corrected chi connectivity index (χ0v) is 11.0. The van der Waals surface area contributed by atoms with E-state index in [4.69, 9.17) is 0 Å². The Hall–Kier alpha value is -1.06. The third kappa shape index (κ3) is 2.99. The van der Waals surface area contributed by atoms with Crippen molar-refractivity contribution in [2.75, 3.05) is 20.1 Å². The summed E-state index contributed by atoms with van der Waals surface area (Å²) in [5.74, 6) is 0.157. The van der Waals surface area contributed by atoms with Crippen LogP contribution in [0.3, 0.4) is 0 Å². The first-order valence-corrected chi connectivity index (χ1v) is 5.72. The lowest BCUT2D eigenvalue weighted by atomic mass is 9.98. The summed E-state index contributed by atoms with van der Waals surface area (Å²) in [4.78, 5) is 14.0. The molecule has 17 heavy (non-hydrogen) atoms. The van der Waals surface area contributed by atoms with Crippen LogP contribution in [0, 0.1) is 0 Å². The van der Waals surface area contributed by atoms with Crippen LogP contribution in [0.1, 0.15) is 18.4 Å². The monoisotopic (exact) mass is 254 g/mol. The highest BCUT2D eigenvalue weighted by molar-refractivity contribution is 5.85. The number of carbonyl (C=O) groups excluding carboxylic acids is 1. The van der Waals surface area contributed by atoms with Gasteiger partial charge in [-0.15, -0.1) is 12.4 Å². The minimum absolute atomic E-state index is 0. The maximum atomic E-state index is 12.2. The number of halogens is 1. The molecule has 1 amide bonds. The van der Waals surface area contributed by atoms with Gasteiger partial charge in [-0.3, -0.25) is 4.79 Å². The van der Waals surface area contributed by atoms with Gasteiger partial charge >= 0.3 is 0 Å². The molecule has 1 N–H and O–H groups in total. The molecule has 0 bridgehead atoms. The summed E-state index contributed by atoms with van der Waals surface area (Å²) in [7, 11) is 1.90. The van der Waals surface area contributed by atoms with Gasteiger partial charge in [0.1, 0.15) is 0 Å². The molecule has 1 heterocycles. The fourth-order valence-corrected chi connectivity index (χ4v) is 1.92. The van der Waals surface area contributed by atoms with Crippen molar-refractivity contribution >= 4 is 18.3 Å². The average Bonchev–Trinajstić information content (AvgIpc) is 2.26. The molecule has 0 radical (unpaired) electrons. The van der Waals surface area contributed by atoms with E-state index < -0.39 is 0 Å². The number of nitrogens with zero attached hydrogens (tertiary/aromatic N) is 1. The Kier molecular flexibility index (Phi) is 4.97. The van der Waals surface area contributed by atoms with Gasteiger partial charge in [-0.25, -0.2) is 0 Å². The molecule has 94 valence electrons. The van der Waals surface area contributed by atoms with Gasteiger partial charge in [0.25, 0.3) is 0 Å². The van der Waals surface area contributed by atoms with Crippen LogP contribution in [-0.4, -0.2) is 37.0 Å². The van der Waals surface area contributed by atoms with E-state index in [9.17, 15) is 4.79 Å². The van der Waals surface area contributed by atoms with Crippen molar-refractivity contribution in [2.45, 2.75) is 18.9 Å². The SMILES string of the molecule is CC(C(=O)N(C)C1CNC1)c1ccccc1.Cl. The molecule has 0 spiro atoms. The molecule has 1 atom stereocenters. The number of likely N-dealkylation sites (N-methyl/N-ethyl adjacent to an activating group) is 1. The Labute approximate surface area is 109 Å². The van der Waals surface area contributed by atoms with Crippen LogP contribution in [0.25, 0.3) is 0 Å². The zero-order chi connectivity index (χ0) is 11.5. The van der Waals surface area contributed by atoms with Gasteiger partial charge in [-0.1, -0.05) is 30.3 Å². The van der Waals surface area contributed by atoms with Gasteiger partial charge in [-0.2, -0.15) is 0 Å². The highest BCUT2D eigenvalue weighted by Crippen LogP contribution is 2.18. The van der Waals surface area contributed by atoms with Crippen LogP contribution in [0.4, 0.5) is 0 Å². The summed E-state index contributed by atoms with van der Waals surface area (Å²) >= 11 is 0. The molecule has 1 aromatic rings. The maximum Gasteiger partial charge on any atom is 0.229 e. The number of nitrogens with one attached hydrogen (secondary N) is 1. The summed E-state index contributed by atoms with van der Waals surface area (Å²) in [5.41, 5.74) is 1.09. The second-order valence-electron chi connectivity index (χ2n) is 4.39. The predicted octanol–water partition coefficient (Wildman–Crippen LogP) is 1.64. The molecule has 1 saturated heterocycles. The smallest absolute Gasteiger partial charge is 0.229 e. The number of hydrogen-bond acceptors (Lipinski definition) is 2. The number of amides is 1. The van der Waals surface area contributed by atoms with Gasteiger partial charge in [0.15, 0.2) is 0 Å². The van der Waals surface area contributed by atoms with E-state index in [2.05, 4.69) is 5.32 Å². The number of carbonyl (C=O) groups is 1. The minimum Gasteiger partial charge on any atom is -0.340 e. The third-order valence-corrected chi connectivity index (χ3v) is 3.33. The summed E-state index contributed by atoms with van der Waals surface area (Å²) in [6.45, 7) is 3.81. The Morgan fingerprint density at radius 1 is 1.35 bits per heavy atom. The quantitative estimate of drug-likeness (QED) is 0.890. The van der Waals surface area contributed by atoms with E-state index in [1.807, 2.05) is 49.2 Å². The first-order chi connectivity index (χ1) is 7.70. The molecule has 1 aromatic carbocycles. The lowest BCUT2D eigenvalue weighted by molar-refractivity contribution is -0.134. The minimum atomic E-state index is -0.0493. The summed E-state index contributed by atoms with van der Waals surface area (Å²) in [5, 5.41) is 3.18. The zero-order valence-electron chi connectivity index (χ0n) is 10.2. The molecule has 1 fully saturated rings. The first-order valence-electron chi connectivity index (χ1n) is 5.72. The predicted molar refractivity (Wildman–Crippen MR) is 71.5 cm³/mol. The molecule has 1 aliphatic rings. The van der Waals surface area contributed by atoms with E-state index in [1.54, 1.807) is 0 Å². The highest BCUT2D eigenvalue weighted by Gasteiger charge is 2.28. The number of rotatable bonds is 3. The molecule has 0 saturated carbocycles. The van der Waals surface area contributed by atoms with Crippen LogP contribution in [0.2, 0.25) is 0 Å². The van der Waals surface area contributed by atoms with Crippen LogP contribution in [-0.2, 0) is 4.79 Å². The van der Waals surface area contributed by atoms with Gasteiger partial charge < -0.3 is 10.2 Å². The van der Waals surface area contributed by atoms with Crippen molar-refractivity contribution in [2.24, 2.45) is 0 Å². The number of hydrogen-bond donors (Lipinski definition) is 1. The first kappa shape index (κ1) is 14.0. The highest BCUT2D eigenvalue weighted by atomic mass is 35.5. The lowest BCUT2D eigenvalue weighted by Gasteiger charge is -2.37. The average molecular weight is 255 g/mol. The largest absolute Gasteiger partial charge is 0.340 e. The summed E-state index contributed by atoms with van der Waals surface area (Å²) in [6.07, 6.45) is 0. The molecule has 2 rings (SSSR count). The molecule has 0 aliphatic carbocycles. The van der Waals surface area contributed by atoms with Gasteiger partial charge in [-0.05, 0) is 12.5 Å². The van der Waals surface area contributed by atoms with Crippen molar-refractivity contribution in [3.8, 4) is 0 Å². The van der Waals surface area contributed by atoms with Crippen LogP contribution in [0.5, 0.6) is 0 Å². The van der Waals surface area contributed by atoms with Crippen molar-refractivity contribution in [1.82, 2.24) is 10.2 Å². The van der Waals surface area contributed by atoms with E-state index in [0.29, 0.717) is 6.04 Å². The van der Waals surface area contributed by atoms with Crippen LogP contribution < -0.4 is 5.32 Å². The molecule has 3 nitrogen and oxygen atoms in total. The van der Waals surface area contributed by atoms with Crippen molar-refractivity contribution in [3.05, 3.63) is 35.9 Å². The lowest BCUT2D eigenvalue weighted by Crippen LogP contribution is -2.58. The fourth-order valence-electron chi connectivity index (χ4n) is 1.92. The normalized spacial score (nSPS) is 16.6. The summed E-state index contributed by atoms with van der Waals surface area (Å²) < 4.78 is 0. The second-order valence-corrected chi connectivity index (χ2v) is 4.39. The van der Waals surface area contributed by atoms with Gasteiger partial charge in [0.2, 0.25) is 5.91 Å². The van der Waals surface area contributed by atoms with Crippen molar-refractivity contribution < 1.29 is 4.79 Å². The Balaban J connectivity index is 0.00000144. The second kappa shape index (κ2) is 6.03. The maximum absolute atomic E-state index is 12.2. The van der Waals surface area contributed by atoms with E-state index in [-0.39, 0.29) is 24.2 Å². The van der Waals surface area contributed by atoms with Crippen LogP contribution in [0.15, 0.2) is 30.3 Å². The Morgan fingerprint density at radius 2 is 1.94 bits per heavy atom. The fraction of sp³-hybridized carbons (Fsp3) is 0.462. The topological polar surface area (TPSA) is 32.3 Å². The molecule has 0 aromatic heterocycles. The van der Waals surface area contributed by atoms with Crippen molar-refractivity contribution in [1.29, 1.82) is 0 Å². The van der Waals surface area contributed by atoms with Gasteiger partial charge in [0, 0.05) is 20.1 Å². The van der Waals surface area contributed by atoms with Crippen molar-refractivity contribution in [3.63, 3.8) is 0 Å². The number of benzene rings is 1. The Morgan fingerprint density at radius 3 is 2.41 bits per heavy atom. The molecule has 1 aliphatic heterocycles. The molecular weight excluding hydrogens is 236 g/mol. The molecule has 1 unspecified atom stereocenters. The summed E-state index contributed by atoms with van der Waals surface area (Å²) in [6, 6.07) is 10.3. The Bertz CT molecular complexity index is 365. The van der Waals surface area contributed by atoms with E-state index in [1.165, 1.54) is 0 Å². The van der Waals surface area contributed by atoms with Gasteiger partial charge in [0.05, 0.1) is 12.0 Å². The molecule has 4 heteroatoms. The standard InChI is InChI=1S/C13H18N2O.ClH/c1-10(11-6-4-3-5-7-11)13(16)15(2)12-8-14-9-12;/h3-7,10,12,14H,8-9H2,1-2H3;1H.